The van der Waals surface area contributed by atoms with Crippen LogP contribution in [0.4, 0.5) is 0 Å². The van der Waals surface area contributed by atoms with E-state index in [0.717, 1.165) is 11.3 Å². The number of carbonyl (C=O) groups excluding carboxylic acids is 1. The Bertz CT molecular complexity index is 635. The second-order valence-electron chi connectivity index (χ2n) is 5.22. The van der Waals surface area contributed by atoms with E-state index in [0.29, 0.717) is 5.69 Å². The fourth-order valence-corrected chi connectivity index (χ4v) is 2.24. The first-order chi connectivity index (χ1) is 9.47. The molecule has 2 aromatic rings. The van der Waals surface area contributed by atoms with Crippen LogP contribution in [0.15, 0.2) is 36.4 Å². The van der Waals surface area contributed by atoms with E-state index in [1.807, 2.05) is 26.0 Å². The Morgan fingerprint density at radius 2 is 1.90 bits per heavy atom. The average Bonchev–Trinajstić information content (AvgIpc) is 2.41. The first kappa shape index (κ1) is 14.3. The molecule has 1 amide bonds. The van der Waals surface area contributed by atoms with Gasteiger partial charge >= 0.3 is 0 Å². The predicted molar refractivity (Wildman–Crippen MR) is 80.8 cm³/mol. The summed E-state index contributed by atoms with van der Waals surface area (Å²) in [6.07, 6.45) is 0. The van der Waals surface area contributed by atoms with Crippen LogP contribution in [-0.4, -0.2) is 10.9 Å². The Kier molecular flexibility index (Phi) is 4.18. The summed E-state index contributed by atoms with van der Waals surface area (Å²) in [5.41, 5.74) is 4.83. The van der Waals surface area contributed by atoms with Gasteiger partial charge in [0.15, 0.2) is 0 Å². The Balaban J connectivity index is 2.17. The van der Waals surface area contributed by atoms with Gasteiger partial charge in [-0.05, 0) is 51.0 Å². The van der Waals surface area contributed by atoms with Crippen molar-refractivity contribution in [1.82, 2.24) is 10.3 Å². The van der Waals surface area contributed by atoms with Crippen LogP contribution in [-0.2, 0) is 0 Å². The molecule has 1 atom stereocenters. The van der Waals surface area contributed by atoms with Crippen molar-refractivity contribution >= 4 is 5.91 Å². The van der Waals surface area contributed by atoms with Crippen LogP contribution in [0.1, 0.15) is 45.8 Å². The van der Waals surface area contributed by atoms with Crippen molar-refractivity contribution in [2.45, 2.75) is 33.7 Å². The van der Waals surface area contributed by atoms with E-state index in [4.69, 9.17) is 0 Å². The lowest BCUT2D eigenvalue weighted by atomic mass is 10.00. The number of carbonyl (C=O) groups is 1. The molecule has 1 heterocycles. The molecule has 3 heteroatoms. The highest BCUT2D eigenvalue weighted by Crippen LogP contribution is 2.19. The lowest BCUT2D eigenvalue weighted by molar-refractivity contribution is 0.0934. The van der Waals surface area contributed by atoms with Gasteiger partial charge in [0.2, 0.25) is 0 Å². The summed E-state index contributed by atoms with van der Waals surface area (Å²) in [4.78, 5) is 16.5. The van der Waals surface area contributed by atoms with E-state index >= 15 is 0 Å². The van der Waals surface area contributed by atoms with Crippen molar-refractivity contribution in [1.29, 1.82) is 0 Å². The van der Waals surface area contributed by atoms with E-state index in [1.54, 1.807) is 6.07 Å². The lowest BCUT2D eigenvalue weighted by Crippen LogP contribution is -2.28. The summed E-state index contributed by atoms with van der Waals surface area (Å²) in [6, 6.07) is 11.7. The van der Waals surface area contributed by atoms with E-state index in [9.17, 15) is 4.79 Å². The predicted octanol–water partition coefficient (Wildman–Crippen LogP) is 3.50. The average molecular weight is 268 g/mol. The molecular formula is C17H20N2O. The van der Waals surface area contributed by atoms with Gasteiger partial charge in [-0.25, -0.2) is 4.98 Å². The summed E-state index contributed by atoms with van der Waals surface area (Å²) in [6.45, 7) is 7.99. The number of hydrogen-bond acceptors (Lipinski definition) is 2. The van der Waals surface area contributed by atoms with Gasteiger partial charge in [-0.2, -0.15) is 0 Å². The third-order valence-electron chi connectivity index (χ3n) is 3.37. The molecule has 0 saturated carbocycles. The zero-order chi connectivity index (χ0) is 14.7. The fraction of sp³-hybridized carbons (Fsp3) is 0.294. The van der Waals surface area contributed by atoms with Crippen LogP contribution in [0, 0.1) is 20.8 Å². The number of aromatic nitrogens is 1. The Hall–Kier alpha value is -2.16. The molecule has 0 radical (unpaired) electrons. The molecule has 0 spiro atoms. The fourth-order valence-electron chi connectivity index (χ4n) is 2.24. The van der Waals surface area contributed by atoms with Crippen LogP contribution < -0.4 is 5.32 Å². The van der Waals surface area contributed by atoms with Gasteiger partial charge < -0.3 is 5.32 Å². The summed E-state index contributed by atoms with van der Waals surface area (Å²) >= 11 is 0. The minimum absolute atomic E-state index is 0.0373. The van der Waals surface area contributed by atoms with Crippen molar-refractivity contribution in [3.05, 3.63) is 64.5 Å². The van der Waals surface area contributed by atoms with Gasteiger partial charge in [0.1, 0.15) is 5.69 Å². The summed E-state index contributed by atoms with van der Waals surface area (Å²) in [7, 11) is 0. The SMILES string of the molecule is Cc1ccc(C)c([C@@H](C)NC(=O)c2cccc(C)n2)c1. The van der Waals surface area contributed by atoms with E-state index < -0.39 is 0 Å². The summed E-state index contributed by atoms with van der Waals surface area (Å²) < 4.78 is 0. The Morgan fingerprint density at radius 1 is 1.15 bits per heavy atom. The molecule has 0 aliphatic rings. The van der Waals surface area contributed by atoms with E-state index in [1.165, 1.54) is 11.1 Å². The molecule has 0 saturated heterocycles. The zero-order valence-corrected chi connectivity index (χ0v) is 12.4. The topological polar surface area (TPSA) is 42.0 Å². The van der Waals surface area contributed by atoms with Gasteiger partial charge in [-0.3, -0.25) is 4.79 Å². The second kappa shape index (κ2) is 5.87. The van der Waals surface area contributed by atoms with E-state index in [2.05, 4.69) is 42.3 Å². The molecule has 0 unspecified atom stereocenters. The largest absolute Gasteiger partial charge is 0.344 e. The van der Waals surface area contributed by atoms with Crippen LogP contribution in [0.2, 0.25) is 0 Å². The molecule has 0 fully saturated rings. The molecule has 3 nitrogen and oxygen atoms in total. The maximum Gasteiger partial charge on any atom is 0.270 e. The molecule has 0 aliphatic heterocycles. The number of hydrogen-bond donors (Lipinski definition) is 1. The normalized spacial score (nSPS) is 12.0. The van der Waals surface area contributed by atoms with Crippen molar-refractivity contribution in [3.8, 4) is 0 Å². The standard InChI is InChI=1S/C17H20N2O/c1-11-8-9-12(2)15(10-11)14(4)19-17(20)16-7-5-6-13(3)18-16/h5-10,14H,1-4H3,(H,19,20)/t14-/m1/s1. The van der Waals surface area contributed by atoms with Crippen LogP contribution >= 0.6 is 0 Å². The Labute approximate surface area is 120 Å². The molecular weight excluding hydrogens is 248 g/mol. The van der Waals surface area contributed by atoms with Crippen LogP contribution in [0.3, 0.4) is 0 Å². The highest BCUT2D eigenvalue weighted by atomic mass is 16.1. The molecule has 1 aromatic carbocycles. The van der Waals surface area contributed by atoms with Gasteiger partial charge in [0, 0.05) is 5.69 Å². The third-order valence-corrected chi connectivity index (χ3v) is 3.37. The van der Waals surface area contributed by atoms with Crippen molar-refractivity contribution in [2.24, 2.45) is 0 Å². The zero-order valence-electron chi connectivity index (χ0n) is 12.4. The van der Waals surface area contributed by atoms with E-state index in [-0.39, 0.29) is 11.9 Å². The molecule has 104 valence electrons. The van der Waals surface area contributed by atoms with Crippen LogP contribution in [0.25, 0.3) is 0 Å². The number of aryl methyl sites for hydroxylation is 3. The first-order valence-electron chi connectivity index (χ1n) is 6.79. The van der Waals surface area contributed by atoms with Crippen molar-refractivity contribution in [3.63, 3.8) is 0 Å². The van der Waals surface area contributed by atoms with Gasteiger partial charge in [0.25, 0.3) is 5.91 Å². The van der Waals surface area contributed by atoms with Crippen LogP contribution in [0.5, 0.6) is 0 Å². The second-order valence-corrected chi connectivity index (χ2v) is 5.22. The molecule has 20 heavy (non-hydrogen) atoms. The monoisotopic (exact) mass is 268 g/mol. The summed E-state index contributed by atoms with van der Waals surface area (Å²) in [5, 5.41) is 3.01. The molecule has 0 aliphatic carbocycles. The minimum atomic E-state index is -0.137. The van der Waals surface area contributed by atoms with Gasteiger partial charge in [-0.15, -0.1) is 0 Å². The molecule has 1 aromatic heterocycles. The van der Waals surface area contributed by atoms with Crippen molar-refractivity contribution < 1.29 is 4.79 Å². The lowest BCUT2D eigenvalue weighted by Gasteiger charge is -2.17. The molecule has 0 bridgehead atoms. The number of rotatable bonds is 3. The number of benzene rings is 1. The number of amides is 1. The molecule has 2 rings (SSSR count). The maximum absolute atomic E-state index is 12.2. The minimum Gasteiger partial charge on any atom is -0.344 e. The third kappa shape index (κ3) is 3.23. The van der Waals surface area contributed by atoms with Gasteiger partial charge in [0.05, 0.1) is 6.04 Å². The Morgan fingerprint density at radius 3 is 2.60 bits per heavy atom. The highest BCUT2D eigenvalue weighted by molar-refractivity contribution is 5.92. The maximum atomic E-state index is 12.2. The number of pyridine rings is 1. The quantitative estimate of drug-likeness (QED) is 0.925. The number of nitrogens with zero attached hydrogens (tertiary/aromatic N) is 1. The van der Waals surface area contributed by atoms with Gasteiger partial charge in [-0.1, -0.05) is 29.8 Å². The highest BCUT2D eigenvalue weighted by Gasteiger charge is 2.14. The first-order valence-corrected chi connectivity index (χ1v) is 6.79. The van der Waals surface area contributed by atoms with Crippen molar-refractivity contribution in [2.75, 3.05) is 0 Å². The smallest absolute Gasteiger partial charge is 0.270 e. The molecule has 1 N–H and O–H groups in total. The summed E-state index contributed by atoms with van der Waals surface area (Å²) in [5.74, 6) is -0.137. The number of nitrogens with one attached hydrogen (secondary N) is 1.